The van der Waals surface area contributed by atoms with Crippen molar-refractivity contribution in [2.24, 2.45) is 0 Å². The molecule has 0 fully saturated rings. The Morgan fingerprint density at radius 2 is 0.600 bits per heavy atom. The van der Waals surface area contributed by atoms with Crippen molar-refractivity contribution in [3.63, 3.8) is 0 Å². The molecule has 306 valence electrons. The Morgan fingerprint density at radius 1 is 0.277 bits per heavy atom. The van der Waals surface area contributed by atoms with E-state index in [1.54, 1.807) is 9.13 Å². The molecule has 0 N–H and O–H groups in total. The highest BCUT2D eigenvalue weighted by molar-refractivity contribution is 6.11. The maximum atomic E-state index is 14.0. The van der Waals surface area contributed by atoms with Gasteiger partial charge >= 0.3 is 0 Å². The van der Waals surface area contributed by atoms with E-state index in [1.165, 1.54) is 0 Å². The van der Waals surface area contributed by atoms with Gasteiger partial charge in [0.25, 0.3) is 11.1 Å². The van der Waals surface area contributed by atoms with Crippen molar-refractivity contribution < 1.29 is 0 Å². The normalized spacial score (nSPS) is 11.5. The lowest BCUT2D eigenvalue weighted by atomic mass is 9.99. The minimum atomic E-state index is -0.104. The summed E-state index contributed by atoms with van der Waals surface area (Å²) in [6.07, 6.45) is 0. The number of nitrogens with zero attached hydrogens (tertiary/aromatic N) is 5. The van der Waals surface area contributed by atoms with Crippen LogP contribution in [-0.2, 0) is 0 Å². The van der Waals surface area contributed by atoms with Gasteiger partial charge in [0.05, 0.1) is 44.2 Å². The molecule has 7 nitrogen and oxygen atoms in total. The van der Waals surface area contributed by atoms with E-state index in [1.807, 2.05) is 115 Å². The van der Waals surface area contributed by atoms with Gasteiger partial charge in [-0.05, 0) is 107 Å². The highest BCUT2D eigenvalue weighted by Crippen LogP contribution is 2.38. The summed E-state index contributed by atoms with van der Waals surface area (Å²) in [6, 6.07) is 74.8. The van der Waals surface area contributed by atoms with Crippen LogP contribution in [0.4, 0.5) is 0 Å². The van der Waals surface area contributed by atoms with E-state index in [4.69, 9.17) is 9.97 Å². The quantitative estimate of drug-likeness (QED) is 0.160. The molecule has 0 aliphatic heterocycles. The van der Waals surface area contributed by atoms with Crippen molar-refractivity contribution in [2.45, 2.75) is 0 Å². The van der Waals surface area contributed by atoms with Crippen LogP contribution in [0.5, 0.6) is 0 Å². The second-order valence-electron chi connectivity index (χ2n) is 16.1. The van der Waals surface area contributed by atoms with Crippen molar-refractivity contribution >= 4 is 43.6 Å². The van der Waals surface area contributed by atoms with Crippen LogP contribution in [0.3, 0.4) is 0 Å². The van der Waals surface area contributed by atoms with Gasteiger partial charge in [-0.15, -0.1) is 0 Å². The Kier molecular flexibility index (Phi) is 8.98. The molecule has 0 aliphatic rings. The van der Waals surface area contributed by atoms with E-state index in [2.05, 4.69) is 114 Å². The predicted molar refractivity (Wildman–Crippen MR) is 264 cm³/mol. The van der Waals surface area contributed by atoms with Crippen LogP contribution in [0.1, 0.15) is 0 Å². The van der Waals surface area contributed by atoms with Crippen LogP contribution >= 0.6 is 0 Å². The average Bonchev–Trinajstić information content (AvgIpc) is 3.70. The molecule has 0 atom stereocenters. The van der Waals surface area contributed by atoms with Crippen LogP contribution in [0.2, 0.25) is 0 Å². The Bertz CT molecular complexity index is 3660. The van der Waals surface area contributed by atoms with Crippen LogP contribution in [0.25, 0.3) is 106 Å². The van der Waals surface area contributed by atoms with Gasteiger partial charge in [0.15, 0.2) is 0 Å². The highest BCUT2D eigenvalue weighted by Gasteiger charge is 2.19. The summed E-state index contributed by atoms with van der Waals surface area (Å²) < 4.78 is 5.74. The van der Waals surface area contributed by atoms with E-state index in [0.29, 0.717) is 33.5 Å². The van der Waals surface area contributed by atoms with Crippen LogP contribution < -0.4 is 11.1 Å². The second kappa shape index (κ2) is 15.4. The number of para-hydroxylation sites is 5. The topological polar surface area (TPSA) is 74.7 Å². The molecule has 0 unspecified atom stereocenters. The fourth-order valence-corrected chi connectivity index (χ4v) is 9.15. The van der Waals surface area contributed by atoms with Crippen molar-refractivity contribution in [2.75, 3.05) is 0 Å². The summed E-state index contributed by atoms with van der Waals surface area (Å²) >= 11 is 0. The molecule has 9 aromatic carbocycles. The molecule has 0 saturated carbocycles. The molecule has 0 amide bonds. The lowest BCUT2D eigenvalue weighted by Crippen LogP contribution is -2.21. The van der Waals surface area contributed by atoms with Gasteiger partial charge in [0.2, 0.25) is 0 Å². The van der Waals surface area contributed by atoms with Gasteiger partial charge < -0.3 is 4.57 Å². The average molecular weight is 836 g/mol. The highest BCUT2D eigenvalue weighted by atomic mass is 16.1. The first-order valence-corrected chi connectivity index (χ1v) is 21.6. The molecule has 0 spiro atoms. The number of fused-ring (bicyclic) bond motifs is 5. The molecule has 7 heteroatoms. The number of rotatable bonds is 7. The Balaban J connectivity index is 0.958. The van der Waals surface area contributed by atoms with E-state index in [0.717, 1.165) is 72.2 Å². The molecular formula is C58H37N5O2. The van der Waals surface area contributed by atoms with Gasteiger partial charge in [0.1, 0.15) is 11.6 Å². The van der Waals surface area contributed by atoms with Crippen molar-refractivity contribution in [1.29, 1.82) is 0 Å². The summed E-state index contributed by atoms with van der Waals surface area (Å²) in [7, 11) is 0. The molecule has 65 heavy (non-hydrogen) atoms. The lowest BCUT2D eigenvalue weighted by Gasteiger charge is -2.14. The Labute approximate surface area is 373 Å². The van der Waals surface area contributed by atoms with Crippen LogP contribution in [0.15, 0.2) is 234 Å². The van der Waals surface area contributed by atoms with Gasteiger partial charge in [-0.1, -0.05) is 140 Å². The third kappa shape index (κ3) is 6.45. The Morgan fingerprint density at radius 3 is 1.00 bits per heavy atom. The molecule has 12 aromatic rings. The standard InChI is InChI=1S/C58H37N5O2/c64-57-47-20-10-12-22-51(47)59-55(62(57)45-16-6-2-7-17-45)40-28-24-38(25-29-40)42-32-34-53-49(36-42)50-37-43(33-35-54(50)61(53)44-14-4-1-5-15-44)39-26-30-41(31-27-39)56-60-52-23-13-11-21-48(52)58(65)63(56)46-18-8-3-9-19-46/h1-37H. The number of hydrogen-bond donors (Lipinski definition) is 0. The zero-order valence-electron chi connectivity index (χ0n) is 34.9. The van der Waals surface area contributed by atoms with E-state index >= 15 is 0 Å². The van der Waals surface area contributed by atoms with Crippen molar-refractivity contribution in [3.05, 3.63) is 245 Å². The monoisotopic (exact) mass is 835 g/mol. The summed E-state index contributed by atoms with van der Waals surface area (Å²) in [5.41, 5.74) is 11.9. The largest absolute Gasteiger partial charge is 0.309 e. The number of hydrogen-bond acceptors (Lipinski definition) is 4. The summed E-state index contributed by atoms with van der Waals surface area (Å²) in [5.74, 6) is 1.18. The van der Waals surface area contributed by atoms with Gasteiger partial charge in [-0.3, -0.25) is 18.7 Å². The second-order valence-corrected chi connectivity index (χ2v) is 16.1. The molecule has 12 rings (SSSR count). The summed E-state index contributed by atoms with van der Waals surface area (Å²) in [5, 5.41) is 3.41. The van der Waals surface area contributed by atoms with Crippen molar-refractivity contribution in [3.8, 4) is 62.1 Å². The fourth-order valence-electron chi connectivity index (χ4n) is 9.15. The zero-order chi connectivity index (χ0) is 43.4. The third-order valence-corrected chi connectivity index (χ3v) is 12.3. The van der Waals surface area contributed by atoms with Gasteiger partial charge in [-0.2, -0.15) is 0 Å². The number of aromatic nitrogens is 5. The molecule has 3 heterocycles. The smallest absolute Gasteiger partial charge is 0.266 e. The molecule has 3 aromatic heterocycles. The SMILES string of the molecule is O=c1c2ccccc2nc(-c2ccc(-c3ccc4c(c3)c3cc(-c5ccc(-c6nc7ccccc7c(=O)n6-c6ccccc6)cc5)ccc3n4-c3ccccc3)cc2)n1-c1ccccc1. The van der Waals surface area contributed by atoms with Gasteiger partial charge in [0, 0.05) is 27.6 Å². The van der Waals surface area contributed by atoms with Crippen LogP contribution in [-0.4, -0.2) is 23.7 Å². The maximum Gasteiger partial charge on any atom is 0.266 e. The first-order chi connectivity index (χ1) is 32.1. The zero-order valence-corrected chi connectivity index (χ0v) is 34.9. The Hall–Kier alpha value is -8.94. The summed E-state index contributed by atoms with van der Waals surface area (Å²) in [4.78, 5) is 37.9. The number of benzene rings is 9. The predicted octanol–water partition coefficient (Wildman–Crippen LogP) is 12.8. The third-order valence-electron chi connectivity index (χ3n) is 12.3. The molecule has 0 saturated heterocycles. The summed E-state index contributed by atoms with van der Waals surface area (Å²) in [6.45, 7) is 0. The minimum Gasteiger partial charge on any atom is -0.309 e. The maximum absolute atomic E-state index is 14.0. The van der Waals surface area contributed by atoms with Crippen LogP contribution in [0, 0.1) is 0 Å². The fraction of sp³-hybridized carbons (Fsp3) is 0. The lowest BCUT2D eigenvalue weighted by molar-refractivity contribution is 0.976. The first kappa shape index (κ1) is 37.8. The van der Waals surface area contributed by atoms with Gasteiger partial charge in [-0.25, -0.2) is 9.97 Å². The van der Waals surface area contributed by atoms with E-state index in [-0.39, 0.29) is 11.1 Å². The first-order valence-electron chi connectivity index (χ1n) is 21.6. The van der Waals surface area contributed by atoms with E-state index < -0.39 is 0 Å². The van der Waals surface area contributed by atoms with Crippen molar-refractivity contribution in [1.82, 2.24) is 23.7 Å². The van der Waals surface area contributed by atoms with E-state index in [9.17, 15) is 9.59 Å². The minimum absolute atomic E-state index is 0.104. The molecule has 0 aliphatic carbocycles. The molecule has 0 radical (unpaired) electrons. The molecular weight excluding hydrogens is 799 g/mol. The molecule has 0 bridgehead atoms.